The smallest absolute Gasteiger partial charge is 0.330 e. The summed E-state index contributed by atoms with van der Waals surface area (Å²) in [5.41, 5.74) is -1.91. The van der Waals surface area contributed by atoms with Gasteiger partial charge in [-0.2, -0.15) is 0 Å². The molecule has 0 atom stereocenters. The van der Waals surface area contributed by atoms with Crippen molar-refractivity contribution in [2.24, 2.45) is 10.8 Å². The molecule has 0 aromatic heterocycles. The molecule has 0 saturated heterocycles. The molecule has 0 radical (unpaired) electrons. The van der Waals surface area contributed by atoms with Crippen LogP contribution in [0.5, 0.6) is 0 Å². The lowest BCUT2D eigenvalue weighted by Crippen LogP contribution is -2.36. The molecule has 12 nitrogen and oxygen atoms in total. The lowest BCUT2D eigenvalue weighted by molar-refractivity contribution is -0.159. The van der Waals surface area contributed by atoms with E-state index in [1.54, 1.807) is 13.8 Å². The van der Waals surface area contributed by atoms with Gasteiger partial charge >= 0.3 is 35.8 Å². The Kier molecular flexibility index (Phi) is 19.4. The fourth-order valence-corrected chi connectivity index (χ4v) is 3.19. The lowest BCUT2D eigenvalue weighted by atomic mass is 9.94. The highest BCUT2D eigenvalue weighted by Gasteiger charge is 2.31. The van der Waals surface area contributed by atoms with Gasteiger partial charge in [-0.05, 0) is 26.7 Å². The Bertz CT molecular complexity index is 871. The van der Waals surface area contributed by atoms with E-state index in [1.807, 2.05) is 0 Å². The van der Waals surface area contributed by atoms with Gasteiger partial charge in [0.15, 0.2) is 0 Å². The van der Waals surface area contributed by atoms with Crippen molar-refractivity contribution >= 4 is 35.8 Å². The first-order chi connectivity index (χ1) is 20.3. The average Bonchev–Trinajstić information content (AvgIpc) is 3.01. The molecule has 0 N–H and O–H groups in total. The van der Waals surface area contributed by atoms with E-state index in [2.05, 4.69) is 26.3 Å². The molecule has 0 unspecified atom stereocenters. The Hall–Kier alpha value is -4.22. The zero-order valence-corrected chi connectivity index (χ0v) is 25.2. The van der Waals surface area contributed by atoms with Crippen LogP contribution in [0.25, 0.3) is 0 Å². The summed E-state index contributed by atoms with van der Waals surface area (Å²) in [7, 11) is 0. The predicted molar refractivity (Wildman–Crippen MR) is 155 cm³/mol. The number of esters is 6. The Morgan fingerprint density at radius 3 is 0.930 bits per heavy atom. The van der Waals surface area contributed by atoms with Crippen molar-refractivity contribution in [2.45, 2.75) is 58.8 Å². The van der Waals surface area contributed by atoms with Gasteiger partial charge in [-0.3, -0.25) is 9.59 Å². The van der Waals surface area contributed by atoms with E-state index in [0.717, 1.165) is 43.6 Å². The molecule has 0 spiro atoms. The maximum atomic E-state index is 12.2. The van der Waals surface area contributed by atoms with Gasteiger partial charge in [0.25, 0.3) is 0 Å². The van der Waals surface area contributed by atoms with Gasteiger partial charge in [-0.15, -0.1) is 0 Å². The van der Waals surface area contributed by atoms with Gasteiger partial charge in [0.1, 0.15) is 39.6 Å². The molecule has 12 heteroatoms. The first-order valence-corrected chi connectivity index (χ1v) is 13.8. The van der Waals surface area contributed by atoms with Crippen LogP contribution in [0.3, 0.4) is 0 Å². The van der Waals surface area contributed by atoms with E-state index in [-0.39, 0.29) is 52.5 Å². The molecule has 240 valence electrons. The van der Waals surface area contributed by atoms with Crippen LogP contribution in [0.1, 0.15) is 58.8 Å². The standard InChI is InChI=1S/C31H44O12/c1-7-24(32)38-18-30(5,19-39-25(33)8-2)22-42-28(36)16-14-12-11-13-15-17-29(37)43-23-31(6,20-40-26(34)9-3)21-41-27(35)10-4/h7-10H,1-4,11-23H2,5-6H3. The Morgan fingerprint density at radius 2 is 0.674 bits per heavy atom. The minimum absolute atomic E-state index is 0.130. The topological polar surface area (TPSA) is 158 Å². The molecule has 0 aliphatic rings. The van der Waals surface area contributed by atoms with E-state index in [9.17, 15) is 28.8 Å². The van der Waals surface area contributed by atoms with Crippen LogP contribution >= 0.6 is 0 Å². The lowest BCUT2D eigenvalue weighted by Gasteiger charge is -2.27. The minimum atomic E-state index is -0.953. The molecule has 0 rings (SSSR count). The average molecular weight is 609 g/mol. The van der Waals surface area contributed by atoms with Crippen molar-refractivity contribution < 1.29 is 57.2 Å². The molecule has 0 aromatic carbocycles. The first kappa shape index (κ1) is 38.8. The summed E-state index contributed by atoms with van der Waals surface area (Å²) in [5, 5.41) is 0. The fourth-order valence-electron chi connectivity index (χ4n) is 3.19. The summed E-state index contributed by atoms with van der Waals surface area (Å²) in [6.07, 6.45) is 7.72. The molecule has 0 bridgehead atoms. The number of hydrogen-bond donors (Lipinski definition) is 0. The number of carbonyl (C=O) groups is 6. The molecular weight excluding hydrogens is 564 g/mol. The molecule has 0 aliphatic heterocycles. The molecule has 0 fully saturated rings. The summed E-state index contributed by atoms with van der Waals surface area (Å²) in [6.45, 7) is 15.7. The van der Waals surface area contributed by atoms with E-state index in [4.69, 9.17) is 28.4 Å². The highest BCUT2D eigenvalue weighted by atomic mass is 16.6. The largest absolute Gasteiger partial charge is 0.465 e. The number of unbranched alkanes of at least 4 members (excludes halogenated alkanes) is 4. The third-order valence-corrected chi connectivity index (χ3v) is 5.84. The van der Waals surface area contributed by atoms with Crippen LogP contribution in [0.2, 0.25) is 0 Å². The van der Waals surface area contributed by atoms with E-state index < -0.39 is 46.6 Å². The highest BCUT2D eigenvalue weighted by Crippen LogP contribution is 2.21. The highest BCUT2D eigenvalue weighted by molar-refractivity contribution is 5.82. The van der Waals surface area contributed by atoms with Gasteiger partial charge < -0.3 is 28.4 Å². The maximum Gasteiger partial charge on any atom is 0.330 e. The summed E-state index contributed by atoms with van der Waals surface area (Å²) in [5.74, 6) is -3.51. The monoisotopic (exact) mass is 608 g/mol. The van der Waals surface area contributed by atoms with Gasteiger partial charge in [-0.1, -0.05) is 45.6 Å². The molecule has 0 aromatic rings. The van der Waals surface area contributed by atoms with Gasteiger partial charge in [0.2, 0.25) is 0 Å². The molecule has 0 aliphatic carbocycles. The van der Waals surface area contributed by atoms with Crippen molar-refractivity contribution in [1.82, 2.24) is 0 Å². The van der Waals surface area contributed by atoms with Crippen molar-refractivity contribution in [2.75, 3.05) is 39.6 Å². The zero-order chi connectivity index (χ0) is 32.7. The van der Waals surface area contributed by atoms with Crippen LogP contribution in [-0.2, 0) is 57.2 Å². The summed E-state index contributed by atoms with van der Waals surface area (Å²) < 4.78 is 30.8. The fraction of sp³-hybridized carbons (Fsp3) is 0.548. The first-order valence-electron chi connectivity index (χ1n) is 13.8. The van der Waals surface area contributed by atoms with Crippen molar-refractivity contribution in [3.05, 3.63) is 50.6 Å². The maximum absolute atomic E-state index is 12.2. The second-order valence-corrected chi connectivity index (χ2v) is 10.5. The van der Waals surface area contributed by atoms with E-state index in [0.29, 0.717) is 12.8 Å². The number of carbonyl (C=O) groups excluding carboxylic acids is 6. The van der Waals surface area contributed by atoms with Crippen LogP contribution in [0.15, 0.2) is 50.6 Å². The van der Waals surface area contributed by atoms with E-state index in [1.165, 1.54) is 0 Å². The zero-order valence-electron chi connectivity index (χ0n) is 25.2. The van der Waals surface area contributed by atoms with Crippen LogP contribution in [0, 0.1) is 10.8 Å². The molecule has 0 amide bonds. The van der Waals surface area contributed by atoms with Gasteiger partial charge in [0, 0.05) is 37.1 Å². The Labute approximate surface area is 253 Å². The van der Waals surface area contributed by atoms with Gasteiger partial charge in [0.05, 0.1) is 10.8 Å². The van der Waals surface area contributed by atoms with Crippen LogP contribution < -0.4 is 0 Å². The number of hydrogen-bond acceptors (Lipinski definition) is 12. The molecule has 0 heterocycles. The van der Waals surface area contributed by atoms with Crippen LogP contribution in [-0.4, -0.2) is 75.5 Å². The molecule has 0 saturated carbocycles. The van der Waals surface area contributed by atoms with Crippen LogP contribution in [0.4, 0.5) is 0 Å². The third kappa shape index (κ3) is 19.5. The molecular formula is C31H44O12. The Balaban J connectivity index is 4.39. The van der Waals surface area contributed by atoms with Gasteiger partial charge in [-0.25, -0.2) is 19.2 Å². The van der Waals surface area contributed by atoms with Crippen molar-refractivity contribution in [3.8, 4) is 0 Å². The quantitative estimate of drug-likeness (QED) is 0.0678. The molecule has 43 heavy (non-hydrogen) atoms. The number of rotatable bonds is 24. The van der Waals surface area contributed by atoms with E-state index >= 15 is 0 Å². The summed E-state index contributed by atoms with van der Waals surface area (Å²) >= 11 is 0. The SMILES string of the molecule is C=CC(=O)OCC(C)(COC(=O)C=C)COC(=O)CCCCCCCC(=O)OCC(C)(COC(=O)C=C)COC(=O)C=C. The second-order valence-electron chi connectivity index (χ2n) is 10.5. The van der Waals surface area contributed by atoms with Crippen molar-refractivity contribution in [1.29, 1.82) is 0 Å². The normalized spacial score (nSPS) is 10.8. The summed E-state index contributed by atoms with van der Waals surface area (Å²) in [4.78, 5) is 70.1. The third-order valence-electron chi connectivity index (χ3n) is 5.84. The van der Waals surface area contributed by atoms with Crippen molar-refractivity contribution in [3.63, 3.8) is 0 Å². The number of ether oxygens (including phenoxy) is 6. The minimum Gasteiger partial charge on any atom is -0.465 e. The predicted octanol–water partition coefficient (Wildman–Crippen LogP) is 3.73. The second kappa shape index (κ2) is 21.5. The Morgan fingerprint density at radius 1 is 0.442 bits per heavy atom. The summed E-state index contributed by atoms with van der Waals surface area (Å²) in [6, 6.07) is 0.